The minimum atomic E-state index is -4.31. The molecule has 0 saturated heterocycles. The normalized spacial score (nSPS) is 10.8. The lowest BCUT2D eigenvalue weighted by Crippen LogP contribution is -1.98. The first-order valence-electron chi connectivity index (χ1n) is 3.16. The summed E-state index contributed by atoms with van der Waals surface area (Å²) in [5, 5.41) is 17.4. The number of phenols is 1. The molecule has 6 heteroatoms. The van der Waals surface area contributed by atoms with Gasteiger partial charge in [-0.2, -0.15) is 13.7 Å². The fourth-order valence-corrected chi connectivity index (χ4v) is 1.27. The molecule has 5 nitrogen and oxygen atoms in total. The molecule has 0 aliphatic rings. The Labute approximate surface area is 74.6 Å². The van der Waals surface area contributed by atoms with E-state index in [0.29, 0.717) is 0 Å². The van der Waals surface area contributed by atoms with Gasteiger partial charge in [0.25, 0.3) is 10.1 Å². The predicted octanol–water partition coefficient (Wildman–Crippen LogP) is 0.511. The lowest BCUT2D eigenvalue weighted by atomic mass is 10.2. The van der Waals surface area contributed by atoms with Crippen molar-refractivity contribution in [1.82, 2.24) is 0 Å². The van der Waals surface area contributed by atoms with Gasteiger partial charge in [-0.1, -0.05) is 0 Å². The largest absolute Gasteiger partial charge is 0.507 e. The van der Waals surface area contributed by atoms with Gasteiger partial charge in [-0.25, -0.2) is 0 Å². The third kappa shape index (κ3) is 1.96. The molecular formula is C7H5NO4S. The maximum atomic E-state index is 10.6. The average Bonchev–Trinajstić information content (AvgIpc) is 2.03. The van der Waals surface area contributed by atoms with Crippen LogP contribution in [0.5, 0.6) is 5.75 Å². The zero-order valence-electron chi connectivity index (χ0n) is 6.30. The van der Waals surface area contributed by atoms with Crippen LogP contribution in [-0.2, 0) is 10.1 Å². The highest BCUT2D eigenvalue weighted by atomic mass is 32.2. The summed E-state index contributed by atoms with van der Waals surface area (Å²) in [5.41, 5.74) is -0.199. The van der Waals surface area contributed by atoms with E-state index in [-0.39, 0.29) is 11.3 Å². The van der Waals surface area contributed by atoms with Crippen molar-refractivity contribution in [3.63, 3.8) is 0 Å². The third-order valence-electron chi connectivity index (χ3n) is 1.39. The second kappa shape index (κ2) is 3.05. The van der Waals surface area contributed by atoms with Crippen molar-refractivity contribution in [2.75, 3.05) is 0 Å². The van der Waals surface area contributed by atoms with E-state index in [1.54, 1.807) is 6.07 Å². The summed E-state index contributed by atoms with van der Waals surface area (Å²) >= 11 is 0. The van der Waals surface area contributed by atoms with Gasteiger partial charge in [-0.05, 0) is 18.2 Å². The van der Waals surface area contributed by atoms with Crippen LogP contribution in [0.2, 0.25) is 0 Å². The Morgan fingerprint density at radius 1 is 1.38 bits per heavy atom. The highest BCUT2D eigenvalue weighted by Gasteiger charge is 2.11. The van der Waals surface area contributed by atoms with E-state index in [9.17, 15) is 8.42 Å². The van der Waals surface area contributed by atoms with Crippen molar-refractivity contribution in [3.8, 4) is 11.8 Å². The molecular weight excluding hydrogens is 194 g/mol. The van der Waals surface area contributed by atoms with Crippen LogP contribution < -0.4 is 0 Å². The number of phenolic OH excluding ortho intramolecular Hbond substituents is 1. The van der Waals surface area contributed by atoms with E-state index < -0.39 is 15.0 Å². The van der Waals surface area contributed by atoms with Gasteiger partial charge in [0.05, 0.1) is 10.5 Å². The van der Waals surface area contributed by atoms with Gasteiger partial charge in [-0.3, -0.25) is 4.55 Å². The summed E-state index contributed by atoms with van der Waals surface area (Å²) in [7, 11) is -4.31. The van der Waals surface area contributed by atoms with E-state index in [0.717, 1.165) is 18.2 Å². The molecule has 0 heterocycles. The van der Waals surface area contributed by atoms with Crippen LogP contribution in [0, 0.1) is 11.3 Å². The van der Waals surface area contributed by atoms with Crippen LogP contribution in [0.1, 0.15) is 5.56 Å². The molecule has 0 aromatic heterocycles. The van der Waals surface area contributed by atoms with Crippen LogP contribution in [0.3, 0.4) is 0 Å². The second-order valence-corrected chi connectivity index (χ2v) is 3.69. The van der Waals surface area contributed by atoms with Crippen LogP contribution >= 0.6 is 0 Å². The number of hydrogen-bond acceptors (Lipinski definition) is 4. The van der Waals surface area contributed by atoms with Crippen molar-refractivity contribution < 1.29 is 18.1 Å². The molecule has 2 N–H and O–H groups in total. The monoisotopic (exact) mass is 199 g/mol. The standard InChI is InChI=1S/C7H5NO4S/c8-4-5-3-6(13(10,11)12)1-2-7(5)9/h1-3,9H,(H,10,11,12). The Bertz CT molecular complexity index is 472. The summed E-state index contributed by atoms with van der Waals surface area (Å²) in [6, 6.07) is 4.51. The molecule has 0 aliphatic heterocycles. The number of benzene rings is 1. The van der Waals surface area contributed by atoms with Gasteiger partial charge in [0.15, 0.2) is 0 Å². The molecule has 1 aromatic carbocycles. The average molecular weight is 199 g/mol. The highest BCUT2D eigenvalue weighted by molar-refractivity contribution is 7.85. The first kappa shape index (κ1) is 9.51. The zero-order valence-corrected chi connectivity index (χ0v) is 7.11. The Morgan fingerprint density at radius 3 is 2.46 bits per heavy atom. The number of nitriles is 1. The molecule has 0 atom stereocenters. The Balaban J connectivity index is 3.41. The zero-order chi connectivity index (χ0) is 10.1. The highest BCUT2D eigenvalue weighted by Crippen LogP contribution is 2.19. The SMILES string of the molecule is N#Cc1cc(S(=O)(=O)O)ccc1O. The molecule has 1 aromatic rings. The predicted molar refractivity (Wildman–Crippen MR) is 42.6 cm³/mol. The molecule has 13 heavy (non-hydrogen) atoms. The van der Waals surface area contributed by atoms with Crippen molar-refractivity contribution in [2.24, 2.45) is 0 Å². The van der Waals surface area contributed by atoms with Crippen molar-refractivity contribution in [3.05, 3.63) is 23.8 Å². The van der Waals surface area contributed by atoms with E-state index in [1.165, 1.54) is 0 Å². The first-order valence-corrected chi connectivity index (χ1v) is 4.60. The summed E-state index contributed by atoms with van der Waals surface area (Å²) in [6.45, 7) is 0. The molecule has 1 rings (SSSR count). The molecule has 0 radical (unpaired) electrons. The van der Waals surface area contributed by atoms with E-state index >= 15 is 0 Å². The molecule has 0 spiro atoms. The fraction of sp³-hybridized carbons (Fsp3) is 0. The number of nitrogens with zero attached hydrogens (tertiary/aromatic N) is 1. The maximum absolute atomic E-state index is 10.6. The minimum absolute atomic E-state index is 0.199. The molecule has 0 unspecified atom stereocenters. The van der Waals surface area contributed by atoms with Crippen LogP contribution in [0.4, 0.5) is 0 Å². The number of hydrogen-bond donors (Lipinski definition) is 2. The molecule has 0 saturated carbocycles. The molecule has 0 bridgehead atoms. The topological polar surface area (TPSA) is 98.4 Å². The van der Waals surface area contributed by atoms with Gasteiger partial charge < -0.3 is 5.11 Å². The smallest absolute Gasteiger partial charge is 0.294 e. The molecule has 0 fully saturated rings. The van der Waals surface area contributed by atoms with Gasteiger partial charge >= 0.3 is 0 Å². The molecule has 68 valence electrons. The van der Waals surface area contributed by atoms with Gasteiger partial charge in [0.1, 0.15) is 11.8 Å². The minimum Gasteiger partial charge on any atom is -0.507 e. The lowest BCUT2D eigenvalue weighted by Gasteiger charge is -1.98. The Hall–Kier alpha value is -1.58. The molecule has 0 amide bonds. The van der Waals surface area contributed by atoms with Crippen LogP contribution in [0.25, 0.3) is 0 Å². The maximum Gasteiger partial charge on any atom is 0.294 e. The van der Waals surface area contributed by atoms with Crippen LogP contribution in [-0.4, -0.2) is 18.1 Å². The lowest BCUT2D eigenvalue weighted by molar-refractivity contribution is 0.471. The van der Waals surface area contributed by atoms with Crippen molar-refractivity contribution >= 4 is 10.1 Å². The quantitative estimate of drug-likeness (QED) is 0.642. The van der Waals surface area contributed by atoms with Crippen molar-refractivity contribution in [1.29, 1.82) is 5.26 Å². The van der Waals surface area contributed by atoms with Gasteiger partial charge in [0, 0.05) is 0 Å². The first-order chi connectivity index (χ1) is 5.95. The number of rotatable bonds is 1. The summed E-state index contributed by atoms with van der Waals surface area (Å²) in [5.74, 6) is -0.324. The number of aromatic hydroxyl groups is 1. The molecule has 0 aliphatic carbocycles. The van der Waals surface area contributed by atoms with Crippen molar-refractivity contribution in [2.45, 2.75) is 4.90 Å². The van der Waals surface area contributed by atoms with Gasteiger partial charge in [0.2, 0.25) is 0 Å². The fourth-order valence-electron chi connectivity index (χ4n) is 0.765. The third-order valence-corrected chi connectivity index (χ3v) is 2.24. The van der Waals surface area contributed by atoms with Gasteiger partial charge in [-0.15, -0.1) is 0 Å². The van der Waals surface area contributed by atoms with Crippen LogP contribution in [0.15, 0.2) is 23.1 Å². The van der Waals surface area contributed by atoms with E-state index in [4.69, 9.17) is 14.9 Å². The summed E-state index contributed by atoms with van der Waals surface area (Å²) < 4.78 is 29.7. The Morgan fingerprint density at radius 2 is 2.00 bits per heavy atom. The van der Waals surface area contributed by atoms with E-state index in [2.05, 4.69) is 0 Å². The summed E-state index contributed by atoms with van der Waals surface area (Å²) in [6.07, 6.45) is 0. The second-order valence-electron chi connectivity index (χ2n) is 2.27. The summed E-state index contributed by atoms with van der Waals surface area (Å²) in [4.78, 5) is -0.415. The Kier molecular flexibility index (Phi) is 2.23. The van der Waals surface area contributed by atoms with E-state index in [1.807, 2.05) is 0 Å².